The van der Waals surface area contributed by atoms with Gasteiger partial charge >= 0.3 is 0 Å². The summed E-state index contributed by atoms with van der Waals surface area (Å²) in [5.41, 5.74) is 0. The second-order valence-electron chi connectivity index (χ2n) is 3.48. The van der Waals surface area contributed by atoms with Gasteiger partial charge < -0.3 is 14.6 Å². The summed E-state index contributed by atoms with van der Waals surface area (Å²) in [6.45, 7) is -0.986. The lowest BCUT2D eigenvalue weighted by molar-refractivity contribution is -0.283. The van der Waals surface area contributed by atoms with Gasteiger partial charge in [0, 0.05) is 14.2 Å². The SMILES string of the molecule is COC1(OC)CN(CC(F)(F)CO)C1. The number of hydrogen-bond donors (Lipinski definition) is 1. The highest BCUT2D eigenvalue weighted by Gasteiger charge is 2.47. The smallest absolute Gasteiger partial charge is 0.283 e. The second kappa shape index (κ2) is 4.06. The molecule has 0 spiro atoms. The summed E-state index contributed by atoms with van der Waals surface area (Å²) in [5, 5.41) is 8.37. The van der Waals surface area contributed by atoms with Crippen LogP contribution in [0.5, 0.6) is 0 Å². The highest BCUT2D eigenvalue weighted by Crippen LogP contribution is 2.27. The molecule has 1 heterocycles. The van der Waals surface area contributed by atoms with Crippen LogP contribution in [-0.4, -0.2) is 62.2 Å². The van der Waals surface area contributed by atoms with Crippen LogP contribution in [0.2, 0.25) is 0 Å². The van der Waals surface area contributed by atoms with Crippen molar-refractivity contribution in [2.24, 2.45) is 0 Å². The molecule has 0 saturated carbocycles. The van der Waals surface area contributed by atoms with Crippen molar-refractivity contribution in [2.45, 2.75) is 11.7 Å². The maximum absolute atomic E-state index is 12.7. The van der Waals surface area contributed by atoms with Gasteiger partial charge in [0.05, 0.1) is 19.6 Å². The molecule has 0 bridgehead atoms. The van der Waals surface area contributed by atoms with Crippen LogP contribution in [0.3, 0.4) is 0 Å². The fraction of sp³-hybridized carbons (Fsp3) is 1.00. The third-order valence-corrected chi connectivity index (χ3v) is 2.36. The van der Waals surface area contributed by atoms with Crippen molar-refractivity contribution in [2.75, 3.05) is 40.5 Å². The molecule has 6 heteroatoms. The van der Waals surface area contributed by atoms with Crippen LogP contribution in [0.15, 0.2) is 0 Å². The standard InChI is InChI=1S/C8H15F2NO3/c1-13-8(14-2)4-11(5-8)3-7(9,10)6-12/h12H,3-6H2,1-2H3. The zero-order valence-corrected chi connectivity index (χ0v) is 8.30. The highest BCUT2D eigenvalue weighted by atomic mass is 19.3. The Hall–Kier alpha value is -0.300. The number of nitrogens with zero attached hydrogens (tertiary/aromatic N) is 1. The third kappa shape index (κ3) is 2.38. The van der Waals surface area contributed by atoms with E-state index in [1.165, 1.54) is 19.1 Å². The summed E-state index contributed by atoms with van der Waals surface area (Å²) < 4.78 is 35.5. The van der Waals surface area contributed by atoms with E-state index < -0.39 is 24.9 Å². The van der Waals surface area contributed by atoms with Crippen molar-refractivity contribution in [3.63, 3.8) is 0 Å². The lowest BCUT2D eigenvalue weighted by atomic mass is 10.1. The molecular formula is C8H15F2NO3. The Balaban J connectivity index is 2.34. The van der Waals surface area contributed by atoms with Crippen LogP contribution >= 0.6 is 0 Å². The Morgan fingerprint density at radius 2 is 1.86 bits per heavy atom. The largest absolute Gasteiger partial charge is 0.390 e. The number of aliphatic hydroxyl groups excluding tert-OH is 1. The molecular weight excluding hydrogens is 196 g/mol. The van der Waals surface area contributed by atoms with Crippen LogP contribution < -0.4 is 0 Å². The fourth-order valence-corrected chi connectivity index (χ4v) is 1.47. The average Bonchev–Trinajstić information content (AvgIpc) is 2.11. The Morgan fingerprint density at radius 1 is 1.36 bits per heavy atom. The molecule has 0 unspecified atom stereocenters. The summed E-state index contributed by atoms with van der Waals surface area (Å²) >= 11 is 0. The van der Waals surface area contributed by atoms with E-state index in [2.05, 4.69) is 0 Å². The van der Waals surface area contributed by atoms with Gasteiger partial charge in [-0.05, 0) is 0 Å². The number of methoxy groups -OCH3 is 2. The average molecular weight is 211 g/mol. The number of ether oxygens (including phenoxy) is 2. The molecule has 0 aliphatic carbocycles. The molecule has 0 atom stereocenters. The summed E-state index contributed by atoms with van der Waals surface area (Å²) in [4.78, 5) is 1.48. The Labute approximate surface area is 81.4 Å². The third-order valence-electron chi connectivity index (χ3n) is 2.36. The first-order valence-electron chi connectivity index (χ1n) is 4.28. The first-order chi connectivity index (χ1) is 6.47. The van der Waals surface area contributed by atoms with E-state index in [1.807, 2.05) is 0 Å². The van der Waals surface area contributed by atoms with E-state index in [4.69, 9.17) is 14.6 Å². The molecule has 0 amide bonds. The van der Waals surface area contributed by atoms with Crippen molar-refractivity contribution in [3.05, 3.63) is 0 Å². The molecule has 1 saturated heterocycles. The molecule has 14 heavy (non-hydrogen) atoms. The van der Waals surface area contributed by atoms with E-state index in [0.717, 1.165) is 0 Å². The minimum atomic E-state index is -3.05. The molecule has 0 aromatic heterocycles. The normalized spacial score (nSPS) is 22.1. The number of halogens is 2. The summed E-state index contributed by atoms with van der Waals surface area (Å²) in [5.74, 6) is -3.79. The van der Waals surface area contributed by atoms with Gasteiger partial charge in [-0.2, -0.15) is 0 Å². The first-order valence-corrected chi connectivity index (χ1v) is 4.28. The molecule has 1 aliphatic rings. The predicted molar refractivity (Wildman–Crippen MR) is 45.2 cm³/mol. The van der Waals surface area contributed by atoms with E-state index in [0.29, 0.717) is 13.1 Å². The maximum atomic E-state index is 12.7. The van der Waals surface area contributed by atoms with Crippen LogP contribution in [0.1, 0.15) is 0 Å². The maximum Gasteiger partial charge on any atom is 0.283 e. The predicted octanol–water partition coefficient (Wildman–Crippen LogP) is -0.0813. The van der Waals surface area contributed by atoms with Gasteiger partial charge in [0.25, 0.3) is 5.92 Å². The fourth-order valence-electron chi connectivity index (χ4n) is 1.47. The molecule has 1 N–H and O–H groups in total. The zero-order chi connectivity index (χ0) is 10.8. The van der Waals surface area contributed by atoms with Crippen molar-refractivity contribution >= 4 is 0 Å². The van der Waals surface area contributed by atoms with Crippen molar-refractivity contribution in [1.82, 2.24) is 4.90 Å². The minimum absolute atomic E-state index is 0.301. The Morgan fingerprint density at radius 3 is 2.21 bits per heavy atom. The number of likely N-dealkylation sites (tertiary alicyclic amines) is 1. The van der Waals surface area contributed by atoms with E-state index in [-0.39, 0.29) is 0 Å². The van der Waals surface area contributed by atoms with E-state index >= 15 is 0 Å². The Kier molecular flexibility index (Phi) is 3.41. The minimum Gasteiger partial charge on any atom is -0.390 e. The Bertz CT molecular complexity index is 189. The quantitative estimate of drug-likeness (QED) is 0.646. The van der Waals surface area contributed by atoms with E-state index in [1.54, 1.807) is 0 Å². The van der Waals surface area contributed by atoms with E-state index in [9.17, 15) is 8.78 Å². The topological polar surface area (TPSA) is 41.9 Å². The monoisotopic (exact) mass is 211 g/mol. The lowest BCUT2D eigenvalue weighted by Crippen LogP contribution is -2.65. The lowest BCUT2D eigenvalue weighted by Gasteiger charge is -2.48. The van der Waals surface area contributed by atoms with Gasteiger partial charge in [0.2, 0.25) is 0 Å². The first kappa shape index (κ1) is 11.8. The number of rotatable bonds is 5. The zero-order valence-electron chi connectivity index (χ0n) is 8.30. The van der Waals surface area contributed by atoms with Gasteiger partial charge in [-0.25, -0.2) is 8.78 Å². The number of alkyl halides is 2. The molecule has 0 aromatic rings. The molecule has 1 rings (SSSR count). The van der Waals surface area contributed by atoms with Crippen molar-refractivity contribution < 1.29 is 23.4 Å². The second-order valence-corrected chi connectivity index (χ2v) is 3.48. The van der Waals surface area contributed by atoms with Crippen LogP contribution in [0.25, 0.3) is 0 Å². The van der Waals surface area contributed by atoms with Gasteiger partial charge in [-0.3, -0.25) is 4.90 Å². The van der Waals surface area contributed by atoms with Crippen LogP contribution in [0.4, 0.5) is 8.78 Å². The summed E-state index contributed by atoms with van der Waals surface area (Å²) in [6, 6.07) is 0. The summed E-state index contributed by atoms with van der Waals surface area (Å²) in [7, 11) is 2.95. The summed E-state index contributed by atoms with van der Waals surface area (Å²) in [6.07, 6.45) is 0. The van der Waals surface area contributed by atoms with Gasteiger partial charge in [0.1, 0.15) is 6.61 Å². The molecule has 1 aliphatic heterocycles. The molecule has 0 radical (unpaired) electrons. The number of hydrogen-bond acceptors (Lipinski definition) is 4. The van der Waals surface area contributed by atoms with Crippen molar-refractivity contribution in [3.8, 4) is 0 Å². The highest BCUT2D eigenvalue weighted by molar-refractivity contribution is 4.91. The van der Waals surface area contributed by atoms with Gasteiger partial charge in [-0.1, -0.05) is 0 Å². The molecule has 84 valence electrons. The molecule has 4 nitrogen and oxygen atoms in total. The number of aliphatic hydroxyl groups is 1. The molecule has 0 aromatic carbocycles. The van der Waals surface area contributed by atoms with Gasteiger partial charge in [-0.15, -0.1) is 0 Å². The van der Waals surface area contributed by atoms with Crippen LogP contribution in [0, 0.1) is 0 Å². The van der Waals surface area contributed by atoms with Gasteiger partial charge in [0.15, 0.2) is 5.79 Å². The molecule has 1 fully saturated rings. The van der Waals surface area contributed by atoms with Crippen LogP contribution in [-0.2, 0) is 9.47 Å². The van der Waals surface area contributed by atoms with Crippen molar-refractivity contribution in [1.29, 1.82) is 0 Å².